The number of hydrogen-bond donors (Lipinski definition) is 0. The molecule has 2 aromatic heterocycles. The van der Waals surface area contributed by atoms with Gasteiger partial charge in [0.25, 0.3) is 0 Å². The maximum atomic E-state index is 12.6. The van der Waals surface area contributed by atoms with Gasteiger partial charge in [-0.05, 0) is 85.6 Å². The lowest BCUT2D eigenvalue weighted by atomic mass is 10.1. The maximum absolute atomic E-state index is 12.6. The summed E-state index contributed by atoms with van der Waals surface area (Å²) in [4.78, 5) is 24.3. The summed E-state index contributed by atoms with van der Waals surface area (Å²) >= 11 is 0. The number of furan rings is 1. The molecule has 0 N–H and O–H groups in total. The average molecular weight is 714 g/mol. The Morgan fingerprint density at radius 3 is 1.79 bits per heavy atom. The van der Waals surface area contributed by atoms with Crippen molar-refractivity contribution in [1.82, 2.24) is 0 Å². The van der Waals surface area contributed by atoms with Gasteiger partial charge in [-0.25, -0.2) is 9.59 Å². The van der Waals surface area contributed by atoms with Crippen LogP contribution in [0.2, 0.25) is 0 Å². The van der Waals surface area contributed by atoms with E-state index in [1.807, 2.05) is 24.3 Å². The molecule has 0 fully saturated rings. The molecular formula is C43H38O8P+. The molecule has 2 heterocycles. The molecule has 0 bridgehead atoms. The quantitative estimate of drug-likeness (QED) is 0.0343. The first-order valence-electron chi connectivity index (χ1n) is 17.3. The van der Waals surface area contributed by atoms with Crippen LogP contribution in [0.1, 0.15) is 19.3 Å². The summed E-state index contributed by atoms with van der Waals surface area (Å²) in [5, 5.41) is 5.41. The molecule has 0 saturated heterocycles. The molecule has 0 amide bonds. The van der Waals surface area contributed by atoms with Gasteiger partial charge < -0.3 is 27.8 Å². The van der Waals surface area contributed by atoms with Crippen LogP contribution in [0.15, 0.2) is 159 Å². The molecule has 0 aliphatic rings. The van der Waals surface area contributed by atoms with E-state index >= 15 is 0 Å². The monoisotopic (exact) mass is 713 g/mol. The number of unbranched alkanes of at least 4 members (excludes halogenated alkanes) is 1. The number of carbonyl (C=O) groups is 1. The fourth-order valence-electron chi connectivity index (χ4n) is 6.40. The first-order valence-corrected chi connectivity index (χ1v) is 19.3. The Morgan fingerprint density at radius 2 is 1.15 bits per heavy atom. The van der Waals surface area contributed by atoms with Gasteiger partial charge in [0, 0.05) is 18.6 Å². The van der Waals surface area contributed by atoms with Crippen LogP contribution >= 0.6 is 7.26 Å². The average Bonchev–Trinajstić information content (AvgIpc) is 3.66. The summed E-state index contributed by atoms with van der Waals surface area (Å²) in [5.74, 6) is 1.66. The van der Waals surface area contributed by atoms with E-state index in [2.05, 4.69) is 72.8 Å². The van der Waals surface area contributed by atoms with Gasteiger partial charge in [0.2, 0.25) is 0 Å². The molecule has 0 aliphatic heterocycles. The van der Waals surface area contributed by atoms with E-state index < -0.39 is 19.0 Å². The molecule has 0 unspecified atom stereocenters. The highest BCUT2D eigenvalue weighted by Crippen LogP contribution is 2.55. The molecule has 7 rings (SSSR count). The van der Waals surface area contributed by atoms with Gasteiger partial charge in [-0.3, -0.25) is 0 Å². The third kappa shape index (κ3) is 7.88. The predicted octanol–water partition coefficient (Wildman–Crippen LogP) is 8.68. The lowest BCUT2D eigenvalue weighted by molar-refractivity contribution is 0.0993. The fourth-order valence-corrected chi connectivity index (χ4v) is 10.7. The SMILES string of the molecule is O=C(OCCC[P+](c1ccccc1)(c1ccccc1)c1ccccc1)Oc1ccc(OCCCCOc2c3ccoc3cc3oc(=O)ccc23)cc1. The van der Waals surface area contributed by atoms with Crippen LogP contribution in [0.3, 0.4) is 0 Å². The summed E-state index contributed by atoms with van der Waals surface area (Å²) in [6.07, 6.45) is 3.85. The third-order valence-electron chi connectivity index (χ3n) is 8.84. The highest BCUT2D eigenvalue weighted by atomic mass is 31.2. The Bertz CT molecular complexity index is 2170. The molecule has 0 atom stereocenters. The number of hydrogen-bond acceptors (Lipinski definition) is 8. The van der Waals surface area contributed by atoms with Gasteiger partial charge in [-0.1, -0.05) is 54.6 Å². The summed E-state index contributed by atoms with van der Waals surface area (Å²) < 4.78 is 33.9. The standard InChI is InChI=1S/C43H38O8P/c44-41-24-23-37-40(51-41)31-39-38(25-29-47-39)42(37)48-27-11-10-26-46-32-19-21-33(22-20-32)50-43(45)49-28-12-30-52(34-13-4-1-5-14-34,35-15-6-2-7-16-35)36-17-8-3-9-18-36/h1-9,13-25,29,31H,10-12,26-28,30H2/q+1. The van der Waals surface area contributed by atoms with E-state index in [0.29, 0.717) is 53.4 Å². The summed E-state index contributed by atoms with van der Waals surface area (Å²) in [6, 6.07) is 45.4. The van der Waals surface area contributed by atoms with Crippen molar-refractivity contribution in [2.75, 3.05) is 26.0 Å². The van der Waals surface area contributed by atoms with Gasteiger partial charge in [0.15, 0.2) is 0 Å². The Labute approximate surface area is 301 Å². The lowest BCUT2D eigenvalue weighted by Crippen LogP contribution is -2.33. The second-order valence-electron chi connectivity index (χ2n) is 12.2. The molecule has 262 valence electrons. The minimum Gasteiger partial charge on any atom is -0.494 e. The van der Waals surface area contributed by atoms with Gasteiger partial charge in [0.1, 0.15) is 51.6 Å². The first kappa shape index (κ1) is 34.6. The smallest absolute Gasteiger partial charge is 0.494 e. The van der Waals surface area contributed by atoms with Crippen molar-refractivity contribution in [3.8, 4) is 17.2 Å². The third-order valence-corrected chi connectivity index (χ3v) is 13.4. The van der Waals surface area contributed by atoms with E-state index in [9.17, 15) is 9.59 Å². The number of benzene rings is 5. The Hall–Kier alpha value is -5.85. The summed E-state index contributed by atoms with van der Waals surface area (Å²) in [7, 11) is -2.00. The van der Waals surface area contributed by atoms with Crippen LogP contribution in [0.25, 0.3) is 21.9 Å². The van der Waals surface area contributed by atoms with E-state index in [-0.39, 0.29) is 6.61 Å². The largest absolute Gasteiger partial charge is 0.513 e. The zero-order valence-electron chi connectivity index (χ0n) is 28.5. The van der Waals surface area contributed by atoms with Crippen molar-refractivity contribution in [3.63, 3.8) is 0 Å². The first-order chi connectivity index (χ1) is 25.6. The van der Waals surface area contributed by atoms with Gasteiger partial charge in [-0.15, -0.1) is 0 Å². The second kappa shape index (κ2) is 16.4. The van der Waals surface area contributed by atoms with Crippen LogP contribution in [0.4, 0.5) is 4.79 Å². The molecule has 52 heavy (non-hydrogen) atoms. The summed E-state index contributed by atoms with van der Waals surface area (Å²) in [6.45, 7) is 1.17. The predicted molar refractivity (Wildman–Crippen MR) is 206 cm³/mol. The van der Waals surface area contributed by atoms with Crippen LogP contribution in [0.5, 0.6) is 17.2 Å². The number of ether oxygens (including phenoxy) is 4. The highest BCUT2D eigenvalue weighted by molar-refractivity contribution is 7.95. The topological polar surface area (TPSA) is 97.3 Å². The van der Waals surface area contributed by atoms with E-state index in [0.717, 1.165) is 24.4 Å². The molecule has 0 radical (unpaired) electrons. The summed E-state index contributed by atoms with van der Waals surface area (Å²) in [5.41, 5.74) is 0.583. The number of fused-ring (bicyclic) bond motifs is 2. The van der Waals surface area contributed by atoms with Crippen molar-refractivity contribution in [2.24, 2.45) is 0 Å². The second-order valence-corrected chi connectivity index (χ2v) is 15.8. The Balaban J connectivity index is 0.875. The van der Waals surface area contributed by atoms with E-state index in [4.69, 9.17) is 27.8 Å². The van der Waals surface area contributed by atoms with Crippen molar-refractivity contribution in [1.29, 1.82) is 0 Å². The zero-order valence-corrected chi connectivity index (χ0v) is 29.4. The molecule has 7 aromatic rings. The zero-order chi connectivity index (χ0) is 35.6. The van der Waals surface area contributed by atoms with Crippen molar-refractivity contribution in [3.05, 3.63) is 156 Å². The minimum absolute atomic E-state index is 0.238. The minimum atomic E-state index is -2.00. The van der Waals surface area contributed by atoms with Gasteiger partial charge in [0.05, 0.1) is 43.0 Å². The van der Waals surface area contributed by atoms with Crippen LogP contribution in [-0.4, -0.2) is 32.1 Å². The molecular weight excluding hydrogens is 675 g/mol. The van der Waals surface area contributed by atoms with Crippen molar-refractivity contribution >= 4 is 51.3 Å². The lowest BCUT2D eigenvalue weighted by Gasteiger charge is -2.27. The van der Waals surface area contributed by atoms with Crippen LogP contribution in [-0.2, 0) is 4.74 Å². The van der Waals surface area contributed by atoms with E-state index in [1.165, 1.54) is 22.0 Å². The molecule has 8 nitrogen and oxygen atoms in total. The Kier molecular flexibility index (Phi) is 10.9. The molecule has 5 aromatic carbocycles. The van der Waals surface area contributed by atoms with Crippen molar-refractivity contribution in [2.45, 2.75) is 19.3 Å². The normalized spacial score (nSPS) is 11.4. The van der Waals surface area contributed by atoms with E-state index in [1.54, 1.807) is 42.7 Å². The van der Waals surface area contributed by atoms with Crippen LogP contribution in [0, 0.1) is 0 Å². The highest BCUT2D eigenvalue weighted by Gasteiger charge is 2.44. The number of carbonyl (C=O) groups excluding carboxylic acids is 1. The molecule has 0 aliphatic carbocycles. The Morgan fingerprint density at radius 1 is 0.577 bits per heavy atom. The fraction of sp³-hybridized carbons (Fsp3) is 0.163. The van der Waals surface area contributed by atoms with Gasteiger partial charge in [-0.2, -0.15) is 0 Å². The van der Waals surface area contributed by atoms with Crippen LogP contribution < -0.4 is 35.7 Å². The number of rotatable bonds is 15. The molecule has 0 spiro atoms. The van der Waals surface area contributed by atoms with Gasteiger partial charge >= 0.3 is 11.8 Å². The molecule has 0 saturated carbocycles. The maximum Gasteiger partial charge on any atom is 0.513 e. The van der Waals surface area contributed by atoms with Crippen molar-refractivity contribution < 1.29 is 32.6 Å². The molecule has 9 heteroatoms.